The summed E-state index contributed by atoms with van der Waals surface area (Å²) in [5.74, 6) is 0. The largest absolute Gasteiger partial charge is 0.411 e. The number of hydrogen-bond donors (Lipinski definition) is 0. The predicted molar refractivity (Wildman–Crippen MR) is 157 cm³/mol. The molecule has 0 N–H and O–H groups in total. The van der Waals surface area contributed by atoms with Crippen molar-refractivity contribution in [3.05, 3.63) is 138 Å². The van der Waals surface area contributed by atoms with Gasteiger partial charge in [0, 0.05) is 16.8 Å². The van der Waals surface area contributed by atoms with Crippen LogP contribution >= 0.6 is 0 Å². The maximum Gasteiger partial charge on any atom is 0.411 e. The predicted octanol–water partition coefficient (Wildman–Crippen LogP) is 11.0. The molecule has 1 nitrogen and oxygen atoms in total. The van der Waals surface area contributed by atoms with E-state index in [9.17, 15) is 26.3 Å². The summed E-state index contributed by atoms with van der Waals surface area (Å²) < 4.78 is 88.1. The van der Waals surface area contributed by atoms with Crippen molar-refractivity contribution in [1.82, 2.24) is 0 Å². The molecule has 0 heterocycles. The second-order valence-corrected chi connectivity index (χ2v) is 10.4. The fraction of sp³-hybridized carbons (Fsp3) is 0.200. The van der Waals surface area contributed by atoms with E-state index in [1.165, 1.54) is 24.3 Å². The van der Waals surface area contributed by atoms with E-state index in [1.54, 1.807) is 6.92 Å². The number of benzene rings is 5. The summed E-state index contributed by atoms with van der Waals surface area (Å²) in [5, 5.41) is 1.84. The smallest absolute Gasteiger partial charge is 0.310 e. The van der Waals surface area contributed by atoms with E-state index in [2.05, 4.69) is 6.92 Å². The average Bonchev–Trinajstić information content (AvgIpc) is 2.95. The summed E-state index contributed by atoms with van der Waals surface area (Å²) in [6.07, 6.45) is -9.44. The minimum absolute atomic E-state index is 0.431. The van der Waals surface area contributed by atoms with Gasteiger partial charge >= 0.3 is 12.4 Å². The van der Waals surface area contributed by atoms with Crippen LogP contribution in [-0.4, -0.2) is 12.4 Å². The number of anilines is 3. The highest BCUT2D eigenvalue weighted by atomic mass is 19.4. The number of rotatable bonds is 7. The van der Waals surface area contributed by atoms with E-state index in [4.69, 9.17) is 0 Å². The van der Waals surface area contributed by atoms with Crippen molar-refractivity contribution in [2.45, 2.75) is 44.5 Å². The Morgan fingerprint density at radius 1 is 0.571 bits per heavy atom. The van der Waals surface area contributed by atoms with Gasteiger partial charge in [0.1, 0.15) is 0 Å². The van der Waals surface area contributed by atoms with Crippen LogP contribution in [0.25, 0.3) is 10.8 Å². The van der Waals surface area contributed by atoms with Gasteiger partial charge in [0.2, 0.25) is 5.41 Å². The number of fused-ring (bicyclic) bond motifs is 1. The Morgan fingerprint density at radius 2 is 1.07 bits per heavy atom. The minimum atomic E-state index is -5.65. The van der Waals surface area contributed by atoms with Gasteiger partial charge in [-0.3, -0.25) is 0 Å². The summed E-state index contributed by atoms with van der Waals surface area (Å²) in [5.41, 5.74) is -2.37. The van der Waals surface area contributed by atoms with E-state index >= 15 is 0 Å². The van der Waals surface area contributed by atoms with Crippen LogP contribution in [0, 0.1) is 6.92 Å². The second-order valence-electron chi connectivity index (χ2n) is 10.4. The van der Waals surface area contributed by atoms with Crippen LogP contribution in [0.3, 0.4) is 0 Å². The minimum Gasteiger partial charge on any atom is -0.310 e. The lowest BCUT2D eigenvalue weighted by Crippen LogP contribution is -2.54. The van der Waals surface area contributed by atoms with Gasteiger partial charge < -0.3 is 4.90 Å². The Hall–Kier alpha value is -4.26. The van der Waals surface area contributed by atoms with Gasteiger partial charge in [-0.1, -0.05) is 104 Å². The van der Waals surface area contributed by atoms with Crippen molar-refractivity contribution in [2.75, 3.05) is 4.90 Å². The Balaban J connectivity index is 1.71. The first kappa shape index (κ1) is 29.2. The first-order valence-corrected chi connectivity index (χ1v) is 13.7. The van der Waals surface area contributed by atoms with Gasteiger partial charge in [0.25, 0.3) is 0 Å². The molecule has 0 saturated heterocycles. The molecular weight excluding hydrogens is 548 g/mol. The molecular formula is C35H29F6N. The molecule has 0 aliphatic heterocycles. The lowest BCUT2D eigenvalue weighted by molar-refractivity contribution is -0.288. The van der Waals surface area contributed by atoms with Crippen molar-refractivity contribution in [2.24, 2.45) is 0 Å². The van der Waals surface area contributed by atoms with Crippen LogP contribution in [0.4, 0.5) is 43.4 Å². The lowest BCUT2D eigenvalue weighted by Gasteiger charge is -2.38. The van der Waals surface area contributed by atoms with E-state index in [1.807, 2.05) is 71.6 Å². The third-order valence-corrected chi connectivity index (χ3v) is 7.63. The molecule has 5 aromatic rings. The Morgan fingerprint density at radius 3 is 1.62 bits per heavy atom. The number of nitrogens with zero attached hydrogens (tertiary/aromatic N) is 1. The summed E-state index contributed by atoms with van der Waals surface area (Å²) >= 11 is 0. The summed E-state index contributed by atoms with van der Waals surface area (Å²) in [7, 11) is 0. The van der Waals surface area contributed by atoms with Crippen molar-refractivity contribution >= 4 is 27.8 Å². The third-order valence-electron chi connectivity index (χ3n) is 7.63. The van der Waals surface area contributed by atoms with Crippen molar-refractivity contribution < 1.29 is 26.3 Å². The quantitative estimate of drug-likeness (QED) is 0.174. The number of alkyl halides is 6. The van der Waals surface area contributed by atoms with Crippen LogP contribution in [0.15, 0.2) is 115 Å². The molecule has 5 rings (SSSR count). The van der Waals surface area contributed by atoms with Crippen LogP contribution in [0.5, 0.6) is 0 Å². The van der Waals surface area contributed by atoms with E-state index in [0.29, 0.717) is 11.3 Å². The van der Waals surface area contributed by atoms with Gasteiger partial charge in [-0.05, 0) is 65.8 Å². The molecule has 7 heteroatoms. The van der Waals surface area contributed by atoms with Gasteiger partial charge in [-0.25, -0.2) is 0 Å². The third kappa shape index (κ3) is 5.13. The van der Waals surface area contributed by atoms with Crippen molar-refractivity contribution in [3.8, 4) is 0 Å². The zero-order valence-corrected chi connectivity index (χ0v) is 23.1. The lowest BCUT2D eigenvalue weighted by atomic mass is 9.72. The highest BCUT2D eigenvalue weighted by Gasteiger charge is 2.72. The van der Waals surface area contributed by atoms with Crippen LogP contribution in [0.1, 0.15) is 35.6 Å². The van der Waals surface area contributed by atoms with Gasteiger partial charge in [-0.15, -0.1) is 0 Å². The summed E-state index contributed by atoms with van der Waals surface area (Å²) in [6.45, 7) is 3.69. The van der Waals surface area contributed by atoms with Crippen LogP contribution in [-0.2, 0) is 11.8 Å². The topological polar surface area (TPSA) is 3.24 Å². The maximum atomic E-state index is 14.7. The molecule has 42 heavy (non-hydrogen) atoms. The number of halogens is 6. The Labute approximate surface area is 241 Å². The fourth-order valence-electron chi connectivity index (χ4n) is 5.58. The molecule has 0 atom stereocenters. The molecule has 0 radical (unpaired) electrons. The molecule has 0 aliphatic carbocycles. The highest BCUT2D eigenvalue weighted by molar-refractivity contribution is 5.98. The summed E-state index contributed by atoms with van der Waals surface area (Å²) in [6, 6.07) is 30.1. The highest BCUT2D eigenvalue weighted by Crippen LogP contribution is 2.56. The molecule has 5 aromatic carbocycles. The SMILES string of the molecule is CCCc1ccc(N(c2ccc(C(c3ccc(C)cc3)(C(F)(F)F)C(F)(F)F)cc2)c2cccc3ccccc23)cc1. The standard InChI is InChI=1S/C35H29F6N/c1-3-7-25-14-20-29(21-15-25)42(32-11-6-9-26-8-4-5-10-31(26)32)30-22-18-28(19-23-30)33(34(36,37)38,35(39,40)41)27-16-12-24(2)13-17-27/h4-6,8-23H,3,7H2,1-2H3. The molecule has 0 unspecified atom stereocenters. The molecule has 0 amide bonds. The van der Waals surface area contributed by atoms with E-state index in [0.717, 1.165) is 64.8 Å². The number of hydrogen-bond acceptors (Lipinski definition) is 1. The fourth-order valence-corrected chi connectivity index (χ4v) is 5.58. The van der Waals surface area contributed by atoms with E-state index < -0.39 is 28.9 Å². The average molecular weight is 578 g/mol. The van der Waals surface area contributed by atoms with Gasteiger partial charge in [-0.2, -0.15) is 26.3 Å². The molecule has 0 bridgehead atoms. The summed E-state index contributed by atoms with van der Waals surface area (Å²) in [4.78, 5) is 1.86. The zero-order valence-electron chi connectivity index (χ0n) is 23.1. The first-order valence-electron chi connectivity index (χ1n) is 13.7. The molecule has 0 spiro atoms. The van der Waals surface area contributed by atoms with Crippen LogP contribution < -0.4 is 4.90 Å². The molecule has 0 aliphatic rings. The zero-order chi connectivity index (χ0) is 30.1. The first-order chi connectivity index (χ1) is 20.0. The molecule has 0 saturated carbocycles. The van der Waals surface area contributed by atoms with Crippen molar-refractivity contribution in [1.29, 1.82) is 0 Å². The molecule has 0 aromatic heterocycles. The normalized spacial score (nSPS) is 12.5. The van der Waals surface area contributed by atoms with Crippen molar-refractivity contribution in [3.63, 3.8) is 0 Å². The molecule has 0 fully saturated rings. The molecule has 216 valence electrons. The van der Waals surface area contributed by atoms with Gasteiger partial charge in [0.15, 0.2) is 0 Å². The van der Waals surface area contributed by atoms with E-state index in [-0.39, 0.29) is 0 Å². The second kappa shape index (κ2) is 11.2. The monoisotopic (exact) mass is 577 g/mol. The van der Waals surface area contributed by atoms with Crippen LogP contribution in [0.2, 0.25) is 0 Å². The maximum absolute atomic E-state index is 14.7. The Bertz CT molecular complexity index is 1630. The number of aryl methyl sites for hydroxylation is 2. The Kier molecular flexibility index (Phi) is 7.80. The van der Waals surface area contributed by atoms with Gasteiger partial charge in [0.05, 0.1) is 5.69 Å².